The van der Waals surface area contributed by atoms with Crippen LogP contribution in [0.4, 0.5) is 0 Å². The minimum Gasteiger partial charge on any atom is -0.461 e. The lowest BCUT2D eigenvalue weighted by molar-refractivity contribution is 0.464. The predicted molar refractivity (Wildman–Crippen MR) is 85.0 cm³/mol. The highest BCUT2D eigenvalue weighted by atomic mass is 16.3. The summed E-state index contributed by atoms with van der Waals surface area (Å²) in [4.78, 5) is 0. The quantitative estimate of drug-likeness (QED) is 0.805. The van der Waals surface area contributed by atoms with Gasteiger partial charge in [0.15, 0.2) is 0 Å². The van der Waals surface area contributed by atoms with Crippen LogP contribution in [0, 0.1) is 0 Å². The van der Waals surface area contributed by atoms with Gasteiger partial charge in [-0.1, -0.05) is 32.0 Å². The van der Waals surface area contributed by atoms with Gasteiger partial charge in [-0.05, 0) is 50.1 Å². The zero-order valence-corrected chi connectivity index (χ0v) is 12.8. The molecule has 0 aliphatic rings. The van der Waals surface area contributed by atoms with Crippen molar-refractivity contribution < 1.29 is 4.42 Å². The summed E-state index contributed by atoms with van der Waals surface area (Å²) in [6.45, 7) is 7.63. The van der Waals surface area contributed by atoms with Crippen LogP contribution in [-0.2, 0) is 12.8 Å². The average molecular weight is 271 g/mol. The Hall–Kier alpha value is -1.54. The van der Waals surface area contributed by atoms with Crippen molar-refractivity contribution in [1.29, 1.82) is 0 Å². The topological polar surface area (TPSA) is 25.2 Å². The highest BCUT2D eigenvalue weighted by molar-refractivity contribution is 5.58. The molecule has 0 saturated carbocycles. The molecule has 20 heavy (non-hydrogen) atoms. The molecule has 108 valence electrons. The first-order chi connectivity index (χ1) is 9.72. The molecule has 2 nitrogen and oxygen atoms in total. The van der Waals surface area contributed by atoms with Gasteiger partial charge in [-0.15, -0.1) is 0 Å². The van der Waals surface area contributed by atoms with E-state index in [1.807, 2.05) is 0 Å². The van der Waals surface area contributed by atoms with E-state index in [4.69, 9.17) is 4.42 Å². The molecule has 0 bridgehead atoms. The second kappa shape index (κ2) is 7.30. The average Bonchev–Trinajstić information content (AvgIpc) is 2.93. The van der Waals surface area contributed by atoms with Gasteiger partial charge in [0.25, 0.3) is 0 Å². The number of hydrogen-bond acceptors (Lipinski definition) is 2. The Morgan fingerprint density at radius 1 is 1.15 bits per heavy atom. The smallest absolute Gasteiger partial charge is 0.134 e. The maximum Gasteiger partial charge on any atom is 0.134 e. The van der Waals surface area contributed by atoms with Crippen molar-refractivity contribution >= 4 is 0 Å². The Bertz CT molecular complexity index is 530. The predicted octanol–water partition coefficient (Wildman–Crippen LogP) is 4.44. The fourth-order valence-electron chi connectivity index (χ4n) is 2.35. The monoisotopic (exact) mass is 271 g/mol. The van der Waals surface area contributed by atoms with Crippen molar-refractivity contribution in [3.63, 3.8) is 0 Å². The molecule has 1 aromatic carbocycles. The Kier molecular flexibility index (Phi) is 5.42. The van der Waals surface area contributed by atoms with E-state index in [0.717, 1.165) is 37.3 Å². The van der Waals surface area contributed by atoms with Crippen molar-refractivity contribution in [2.24, 2.45) is 0 Å². The molecule has 0 saturated heterocycles. The number of furan rings is 1. The summed E-state index contributed by atoms with van der Waals surface area (Å²) >= 11 is 0. The van der Waals surface area contributed by atoms with Crippen LogP contribution in [0.2, 0.25) is 0 Å². The SMILES string of the molecule is CCCNC(C)Cc1ccc(-c2cccc(CC)c2)o1. The number of aryl methyl sites for hydroxylation is 1. The summed E-state index contributed by atoms with van der Waals surface area (Å²) in [5.74, 6) is 2.02. The second-order valence-corrected chi connectivity index (χ2v) is 5.38. The summed E-state index contributed by atoms with van der Waals surface area (Å²) in [5, 5.41) is 3.49. The third-order valence-corrected chi connectivity index (χ3v) is 3.53. The summed E-state index contributed by atoms with van der Waals surface area (Å²) in [7, 11) is 0. The van der Waals surface area contributed by atoms with Crippen molar-refractivity contribution in [2.45, 2.75) is 46.1 Å². The molecule has 0 aliphatic carbocycles. The van der Waals surface area contributed by atoms with Gasteiger partial charge >= 0.3 is 0 Å². The molecule has 1 heterocycles. The Morgan fingerprint density at radius 2 is 2.00 bits per heavy atom. The minimum atomic E-state index is 0.455. The van der Waals surface area contributed by atoms with E-state index < -0.39 is 0 Å². The lowest BCUT2D eigenvalue weighted by Gasteiger charge is -2.11. The van der Waals surface area contributed by atoms with Crippen molar-refractivity contribution in [2.75, 3.05) is 6.54 Å². The largest absolute Gasteiger partial charge is 0.461 e. The van der Waals surface area contributed by atoms with Gasteiger partial charge in [-0.25, -0.2) is 0 Å². The van der Waals surface area contributed by atoms with Crippen LogP contribution >= 0.6 is 0 Å². The van der Waals surface area contributed by atoms with E-state index in [0.29, 0.717) is 6.04 Å². The van der Waals surface area contributed by atoms with E-state index in [2.05, 4.69) is 62.5 Å². The van der Waals surface area contributed by atoms with Gasteiger partial charge in [0, 0.05) is 18.0 Å². The lowest BCUT2D eigenvalue weighted by Crippen LogP contribution is -2.28. The van der Waals surface area contributed by atoms with Crippen LogP contribution in [0.25, 0.3) is 11.3 Å². The zero-order chi connectivity index (χ0) is 14.4. The van der Waals surface area contributed by atoms with Gasteiger partial charge in [-0.2, -0.15) is 0 Å². The molecule has 0 radical (unpaired) electrons. The van der Waals surface area contributed by atoms with Crippen LogP contribution in [0.15, 0.2) is 40.8 Å². The maximum atomic E-state index is 5.98. The number of benzene rings is 1. The van der Waals surface area contributed by atoms with Crippen LogP contribution in [0.3, 0.4) is 0 Å². The van der Waals surface area contributed by atoms with E-state index in [9.17, 15) is 0 Å². The molecule has 0 fully saturated rings. The van der Waals surface area contributed by atoms with Crippen LogP contribution in [0.5, 0.6) is 0 Å². The molecule has 1 atom stereocenters. The number of rotatable bonds is 7. The van der Waals surface area contributed by atoms with Gasteiger partial charge in [-0.3, -0.25) is 0 Å². The molecular formula is C18H25NO. The summed E-state index contributed by atoms with van der Waals surface area (Å²) in [6.07, 6.45) is 3.16. The first-order valence-corrected chi connectivity index (χ1v) is 7.64. The number of nitrogens with one attached hydrogen (secondary N) is 1. The van der Waals surface area contributed by atoms with Gasteiger partial charge in [0.2, 0.25) is 0 Å². The second-order valence-electron chi connectivity index (χ2n) is 5.38. The van der Waals surface area contributed by atoms with E-state index in [-0.39, 0.29) is 0 Å². The first kappa shape index (κ1) is 14.9. The Labute approximate surface area is 122 Å². The molecular weight excluding hydrogens is 246 g/mol. The normalized spacial score (nSPS) is 12.6. The lowest BCUT2D eigenvalue weighted by atomic mass is 10.1. The minimum absolute atomic E-state index is 0.455. The molecule has 0 spiro atoms. The van der Waals surface area contributed by atoms with Crippen molar-refractivity contribution in [1.82, 2.24) is 5.32 Å². The Balaban J connectivity index is 2.04. The number of hydrogen-bond donors (Lipinski definition) is 1. The molecule has 2 heteroatoms. The van der Waals surface area contributed by atoms with E-state index in [1.165, 1.54) is 11.1 Å². The van der Waals surface area contributed by atoms with Crippen molar-refractivity contribution in [3.8, 4) is 11.3 Å². The highest BCUT2D eigenvalue weighted by Crippen LogP contribution is 2.24. The van der Waals surface area contributed by atoms with Crippen LogP contribution < -0.4 is 5.32 Å². The van der Waals surface area contributed by atoms with Crippen LogP contribution in [-0.4, -0.2) is 12.6 Å². The van der Waals surface area contributed by atoms with E-state index in [1.54, 1.807) is 0 Å². The third-order valence-electron chi connectivity index (χ3n) is 3.53. The molecule has 1 unspecified atom stereocenters. The molecule has 0 amide bonds. The third kappa shape index (κ3) is 3.97. The maximum absolute atomic E-state index is 5.98. The highest BCUT2D eigenvalue weighted by Gasteiger charge is 2.08. The standard InChI is InChI=1S/C18H25NO/c1-4-11-19-14(3)12-17-9-10-18(20-17)16-8-6-7-15(5-2)13-16/h6-10,13-14,19H,4-5,11-12H2,1-3H3. The summed E-state index contributed by atoms with van der Waals surface area (Å²) in [6, 6.07) is 13.2. The molecule has 0 aliphatic heterocycles. The first-order valence-electron chi connectivity index (χ1n) is 7.64. The molecule has 1 aromatic heterocycles. The summed E-state index contributed by atoms with van der Waals surface area (Å²) in [5.41, 5.74) is 2.52. The van der Waals surface area contributed by atoms with Gasteiger partial charge in [0.1, 0.15) is 11.5 Å². The summed E-state index contributed by atoms with van der Waals surface area (Å²) < 4.78 is 5.98. The fraction of sp³-hybridized carbons (Fsp3) is 0.444. The zero-order valence-electron chi connectivity index (χ0n) is 12.8. The fourth-order valence-corrected chi connectivity index (χ4v) is 2.35. The van der Waals surface area contributed by atoms with E-state index >= 15 is 0 Å². The molecule has 2 aromatic rings. The van der Waals surface area contributed by atoms with Gasteiger partial charge < -0.3 is 9.73 Å². The molecule has 2 rings (SSSR count). The molecule has 1 N–H and O–H groups in total. The van der Waals surface area contributed by atoms with Gasteiger partial charge in [0.05, 0.1) is 0 Å². The van der Waals surface area contributed by atoms with Crippen LogP contribution in [0.1, 0.15) is 38.5 Å². The Morgan fingerprint density at radius 3 is 2.75 bits per heavy atom. The van der Waals surface area contributed by atoms with Crippen molar-refractivity contribution in [3.05, 3.63) is 47.7 Å².